The predicted molar refractivity (Wildman–Crippen MR) is 176 cm³/mol. The first-order valence-electron chi connectivity index (χ1n) is 16.9. The van der Waals surface area contributed by atoms with Gasteiger partial charge in [0.15, 0.2) is 0 Å². The average Bonchev–Trinajstić information content (AvgIpc) is 2.99. The van der Waals surface area contributed by atoms with Crippen LogP contribution in [0.5, 0.6) is 0 Å². The van der Waals surface area contributed by atoms with Crippen molar-refractivity contribution < 1.29 is 0 Å². The van der Waals surface area contributed by atoms with Crippen LogP contribution in [-0.4, -0.2) is 52.4 Å². The van der Waals surface area contributed by atoms with Crippen molar-refractivity contribution in [1.82, 2.24) is 21.3 Å². The van der Waals surface area contributed by atoms with Gasteiger partial charge in [-0.05, 0) is 115 Å². The summed E-state index contributed by atoms with van der Waals surface area (Å²) >= 11 is 0. The van der Waals surface area contributed by atoms with E-state index in [4.69, 9.17) is 0 Å². The molecule has 4 nitrogen and oxygen atoms in total. The van der Waals surface area contributed by atoms with E-state index in [1.54, 1.807) is 0 Å². The molecule has 226 valence electrons. The van der Waals surface area contributed by atoms with Crippen molar-refractivity contribution in [2.75, 3.05) is 52.4 Å². The zero-order valence-corrected chi connectivity index (χ0v) is 25.7. The normalized spacial score (nSPS) is 11.3. The predicted octanol–water partition coefficient (Wildman–Crippen LogP) is 7.29. The van der Waals surface area contributed by atoms with Crippen LogP contribution >= 0.6 is 0 Å². The van der Waals surface area contributed by atoms with E-state index in [0.29, 0.717) is 0 Å². The van der Waals surface area contributed by atoms with Crippen LogP contribution in [0.4, 0.5) is 0 Å². The molecule has 4 N–H and O–H groups in total. The second kappa shape index (κ2) is 27.4. The lowest BCUT2D eigenvalue weighted by Gasteiger charge is -2.07. The van der Waals surface area contributed by atoms with Crippen molar-refractivity contribution >= 4 is 0 Å². The van der Waals surface area contributed by atoms with Gasteiger partial charge in [0, 0.05) is 0 Å². The standard InChI is InChI=1S/C36H62N4/c1(3-15-27-37-29-17-5-7-19-31-39-33-25-35-21-11-9-12-22-35)2-4-16-28-38-30-18-6-8-20-32-40-34-26-36-23-13-10-14-24-36/h9-14,21-24,37-40H,1-8,15-20,25-34H2. The molecular weight excluding hydrogens is 488 g/mol. The molecule has 0 aliphatic rings. The first-order valence-corrected chi connectivity index (χ1v) is 16.9. The summed E-state index contributed by atoms with van der Waals surface area (Å²) in [6.07, 6.45) is 21.2. The lowest BCUT2D eigenvalue weighted by molar-refractivity contribution is 0.527. The van der Waals surface area contributed by atoms with Crippen LogP contribution in [0, 0.1) is 0 Å². The second-order valence-corrected chi connectivity index (χ2v) is 11.4. The highest BCUT2D eigenvalue weighted by Crippen LogP contribution is 2.05. The lowest BCUT2D eigenvalue weighted by atomic mass is 10.1. The molecule has 2 aromatic carbocycles. The molecule has 4 heteroatoms. The molecule has 0 atom stereocenters. The largest absolute Gasteiger partial charge is 0.317 e. The van der Waals surface area contributed by atoms with Gasteiger partial charge in [-0.2, -0.15) is 0 Å². The molecule has 0 unspecified atom stereocenters. The lowest BCUT2D eigenvalue weighted by Crippen LogP contribution is -2.19. The molecule has 0 aromatic heterocycles. The van der Waals surface area contributed by atoms with Crippen molar-refractivity contribution in [2.24, 2.45) is 0 Å². The zero-order valence-electron chi connectivity index (χ0n) is 25.7. The van der Waals surface area contributed by atoms with E-state index in [1.165, 1.54) is 127 Å². The van der Waals surface area contributed by atoms with Gasteiger partial charge in [0.25, 0.3) is 0 Å². The topological polar surface area (TPSA) is 48.1 Å². The maximum Gasteiger partial charge on any atom is -0.000835 e. The molecule has 0 aliphatic carbocycles. The third kappa shape index (κ3) is 22.0. The molecule has 0 radical (unpaired) electrons. The molecule has 40 heavy (non-hydrogen) atoms. The van der Waals surface area contributed by atoms with E-state index >= 15 is 0 Å². The van der Waals surface area contributed by atoms with Gasteiger partial charge in [-0.1, -0.05) is 112 Å². The van der Waals surface area contributed by atoms with Gasteiger partial charge in [-0.15, -0.1) is 0 Å². The maximum absolute atomic E-state index is 3.64. The Kier molecular flexibility index (Phi) is 23.7. The van der Waals surface area contributed by atoms with Crippen molar-refractivity contribution in [3.63, 3.8) is 0 Å². The Morgan fingerprint density at radius 3 is 0.825 bits per heavy atom. The number of unbranched alkanes of at least 4 members (excludes halogenated alkanes) is 11. The fourth-order valence-corrected chi connectivity index (χ4v) is 5.17. The monoisotopic (exact) mass is 550 g/mol. The minimum absolute atomic E-state index is 1.10. The van der Waals surface area contributed by atoms with Crippen molar-refractivity contribution in [1.29, 1.82) is 0 Å². The fourth-order valence-electron chi connectivity index (χ4n) is 5.17. The van der Waals surface area contributed by atoms with Crippen LogP contribution in [0.3, 0.4) is 0 Å². The van der Waals surface area contributed by atoms with Gasteiger partial charge < -0.3 is 21.3 Å². The van der Waals surface area contributed by atoms with Crippen LogP contribution in [-0.2, 0) is 12.8 Å². The van der Waals surface area contributed by atoms with E-state index in [1.807, 2.05) is 0 Å². The summed E-state index contributed by atoms with van der Waals surface area (Å²) < 4.78 is 0. The van der Waals surface area contributed by atoms with Crippen LogP contribution < -0.4 is 21.3 Å². The SMILES string of the molecule is c1ccc(CCNCCCCCCNCCCCCCCCNCCCCCCNCCc2ccccc2)cc1. The number of nitrogens with one attached hydrogen (secondary N) is 4. The van der Waals surface area contributed by atoms with Crippen LogP contribution in [0.25, 0.3) is 0 Å². The highest BCUT2D eigenvalue weighted by Gasteiger charge is 1.96. The van der Waals surface area contributed by atoms with E-state index in [2.05, 4.69) is 81.9 Å². The Bertz CT molecular complexity index is 686. The quantitative estimate of drug-likeness (QED) is 0.0803. The number of benzene rings is 2. The molecule has 0 spiro atoms. The molecule has 0 aliphatic heterocycles. The summed E-state index contributed by atoms with van der Waals surface area (Å²) in [4.78, 5) is 0. The first-order chi connectivity index (χ1) is 19.9. The molecule has 2 aromatic rings. The van der Waals surface area contributed by atoms with Gasteiger partial charge in [0.05, 0.1) is 0 Å². The van der Waals surface area contributed by atoms with Crippen LogP contribution in [0.1, 0.15) is 101 Å². The highest BCUT2D eigenvalue weighted by molar-refractivity contribution is 5.15. The van der Waals surface area contributed by atoms with E-state index in [0.717, 1.165) is 39.0 Å². The Morgan fingerprint density at radius 2 is 0.525 bits per heavy atom. The van der Waals surface area contributed by atoms with Gasteiger partial charge in [-0.3, -0.25) is 0 Å². The Balaban J connectivity index is 1.16. The fraction of sp³-hybridized carbons (Fsp3) is 0.667. The summed E-state index contributed by atoms with van der Waals surface area (Å²) in [5, 5.41) is 14.5. The van der Waals surface area contributed by atoms with Crippen molar-refractivity contribution in [3.05, 3.63) is 71.8 Å². The van der Waals surface area contributed by atoms with Crippen LogP contribution in [0.2, 0.25) is 0 Å². The summed E-state index contributed by atoms with van der Waals surface area (Å²) in [5.41, 5.74) is 2.86. The van der Waals surface area contributed by atoms with Gasteiger partial charge in [0.1, 0.15) is 0 Å². The maximum atomic E-state index is 3.64. The van der Waals surface area contributed by atoms with Gasteiger partial charge in [0.2, 0.25) is 0 Å². The van der Waals surface area contributed by atoms with Crippen molar-refractivity contribution in [3.8, 4) is 0 Å². The smallest absolute Gasteiger partial charge is 0.000835 e. The van der Waals surface area contributed by atoms with Crippen LogP contribution in [0.15, 0.2) is 60.7 Å². The van der Waals surface area contributed by atoms with E-state index < -0.39 is 0 Å². The Hall–Kier alpha value is -1.72. The zero-order chi connectivity index (χ0) is 28.0. The highest BCUT2D eigenvalue weighted by atomic mass is 14.9. The molecule has 0 fully saturated rings. The van der Waals surface area contributed by atoms with Crippen molar-refractivity contribution in [2.45, 2.75) is 103 Å². The minimum atomic E-state index is 1.10. The Labute approximate surface area is 247 Å². The number of hydrogen-bond donors (Lipinski definition) is 4. The third-order valence-electron chi connectivity index (χ3n) is 7.74. The number of rotatable bonds is 29. The van der Waals surface area contributed by atoms with E-state index in [-0.39, 0.29) is 0 Å². The molecule has 0 saturated carbocycles. The molecule has 0 saturated heterocycles. The third-order valence-corrected chi connectivity index (χ3v) is 7.74. The number of hydrogen-bond acceptors (Lipinski definition) is 4. The Morgan fingerprint density at radius 1 is 0.275 bits per heavy atom. The minimum Gasteiger partial charge on any atom is -0.317 e. The van der Waals surface area contributed by atoms with E-state index in [9.17, 15) is 0 Å². The summed E-state index contributed by atoms with van der Waals surface area (Å²) in [5.74, 6) is 0. The molecule has 0 amide bonds. The molecule has 0 heterocycles. The average molecular weight is 551 g/mol. The second-order valence-electron chi connectivity index (χ2n) is 11.4. The molecule has 0 bridgehead atoms. The first kappa shape index (κ1) is 34.5. The summed E-state index contributed by atoms with van der Waals surface area (Å²) in [6.45, 7) is 9.29. The van der Waals surface area contributed by atoms with Gasteiger partial charge >= 0.3 is 0 Å². The molecular formula is C36H62N4. The van der Waals surface area contributed by atoms with Gasteiger partial charge in [-0.25, -0.2) is 0 Å². The molecule has 2 rings (SSSR count). The summed E-state index contributed by atoms with van der Waals surface area (Å²) in [6, 6.07) is 21.5. The summed E-state index contributed by atoms with van der Waals surface area (Å²) in [7, 11) is 0.